The molecule has 0 aliphatic carbocycles. The van der Waals surface area contributed by atoms with Gasteiger partial charge in [-0.2, -0.15) is 0 Å². The van der Waals surface area contributed by atoms with Gasteiger partial charge in [0, 0.05) is 11.1 Å². The maximum absolute atomic E-state index is 5.64. The summed E-state index contributed by atoms with van der Waals surface area (Å²) in [6.45, 7) is 4.04. The van der Waals surface area contributed by atoms with Gasteiger partial charge in [-0.1, -0.05) is 108 Å². The van der Waals surface area contributed by atoms with Crippen molar-refractivity contribution >= 4 is 53.9 Å². The molecular formula is C35H23NO. The number of hydrogen-bond acceptors (Lipinski definition) is 2. The molecule has 0 saturated carbocycles. The van der Waals surface area contributed by atoms with Gasteiger partial charge in [0.1, 0.15) is 5.76 Å². The predicted octanol–water partition coefficient (Wildman–Crippen LogP) is 9.83. The Morgan fingerprint density at radius 1 is 0.459 bits per heavy atom. The molecule has 2 nitrogen and oxygen atoms in total. The Kier molecular flexibility index (Phi) is 4.10. The minimum atomic E-state index is 0.850. The molecule has 8 rings (SSSR count). The summed E-state index contributed by atoms with van der Waals surface area (Å²) in [5.41, 5.74) is 5.75. The molecule has 0 N–H and O–H groups in total. The SMILES string of the molecule is Cc1noc(C)c1-c1c2ccccc2c(-c2ccc3ccc4cccc5ccc2c3c45)c2ccccc12. The number of aromatic nitrogens is 1. The number of fused-ring (bicyclic) bond motifs is 2. The molecule has 0 unspecified atom stereocenters. The van der Waals surface area contributed by atoms with Gasteiger partial charge in [-0.15, -0.1) is 0 Å². The fourth-order valence-electron chi connectivity index (χ4n) is 6.48. The first-order chi connectivity index (χ1) is 18.2. The highest BCUT2D eigenvalue weighted by Gasteiger charge is 2.22. The maximum atomic E-state index is 5.64. The molecule has 0 saturated heterocycles. The molecule has 174 valence electrons. The molecule has 0 amide bonds. The van der Waals surface area contributed by atoms with E-state index in [0.29, 0.717) is 0 Å². The molecule has 0 fully saturated rings. The lowest BCUT2D eigenvalue weighted by Gasteiger charge is -2.20. The average Bonchev–Trinajstić information content (AvgIpc) is 3.27. The molecule has 7 aromatic carbocycles. The van der Waals surface area contributed by atoms with Gasteiger partial charge in [-0.05, 0) is 78.8 Å². The second-order valence-corrected chi connectivity index (χ2v) is 10.0. The Morgan fingerprint density at radius 3 is 1.59 bits per heavy atom. The second-order valence-electron chi connectivity index (χ2n) is 10.0. The summed E-state index contributed by atoms with van der Waals surface area (Å²) in [6, 6.07) is 37.8. The van der Waals surface area contributed by atoms with E-state index < -0.39 is 0 Å². The van der Waals surface area contributed by atoms with E-state index in [1.165, 1.54) is 70.6 Å². The Balaban J connectivity index is 1.59. The normalized spacial score (nSPS) is 12.1. The quantitative estimate of drug-likeness (QED) is 0.184. The number of hydrogen-bond donors (Lipinski definition) is 0. The van der Waals surface area contributed by atoms with E-state index in [2.05, 4.69) is 108 Å². The highest BCUT2D eigenvalue weighted by Crippen LogP contribution is 2.47. The topological polar surface area (TPSA) is 26.0 Å². The molecule has 0 bridgehead atoms. The lowest BCUT2D eigenvalue weighted by molar-refractivity contribution is 0.393. The van der Waals surface area contributed by atoms with E-state index in [0.717, 1.165) is 17.0 Å². The molecule has 0 spiro atoms. The standard InChI is InChI=1S/C35H23NO/c1-20-31(21(2)37-36-20)35-27-12-5-3-10-25(27)34(26-11-4-6-13-28(26)35)30-19-17-24-15-14-22-8-7-9-23-16-18-29(30)33(24)32(22)23/h3-19H,1-2H3. The molecule has 0 aliphatic rings. The van der Waals surface area contributed by atoms with Crippen molar-refractivity contribution in [1.29, 1.82) is 0 Å². The van der Waals surface area contributed by atoms with Crippen LogP contribution in [0.4, 0.5) is 0 Å². The summed E-state index contributed by atoms with van der Waals surface area (Å²) in [4.78, 5) is 0. The predicted molar refractivity (Wildman–Crippen MR) is 156 cm³/mol. The largest absolute Gasteiger partial charge is 0.361 e. The van der Waals surface area contributed by atoms with Crippen LogP contribution in [0.15, 0.2) is 108 Å². The van der Waals surface area contributed by atoms with Gasteiger partial charge >= 0.3 is 0 Å². The van der Waals surface area contributed by atoms with Crippen molar-refractivity contribution in [3.05, 3.63) is 115 Å². The Morgan fingerprint density at radius 2 is 1.00 bits per heavy atom. The van der Waals surface area contributed by atoms with Crippen molar-refractivity contribution in [1.82, 2.24) is 5.16 Å². The Labute approximate surface area is 214 Å². The number of aryl methyl sites for hydroxylation is 2. The summed E-state index contributed by atoms with van der Waals surface area (Å²) >= 11 is 0. The molecule has 8 aromatic rings. The molecule has 2 heteroatoms. The third-order valence-electron chi connectivity index (χ3n) is 8.01. The van der Waals surface area contributed by atoms with E-state index in [1.54, 1.807) is 0 Å². The monoisotopic (exact) mass is 473 g/mol. The second kappa shape index (κ2) is 7.41. The number of benzene rings is 7. The van der Waals surface area contributed by atoms with Gasteiger partial charge in [-0.25, -0.2) is 0 Å². The third kappa shape index (κ3) is 2.73. The summed E-state index contributed by atoms with van der Waals surface area (Å²) in [6.07, 6.45) is 0. The Hall–Kier alpha value is -4.69. The van der Waals surface area contributed by atoms with Crippen LogP contribution >= 0.6 is 0 Å². The van der Waals surface area contributed by atoms with Crippen molar-refractivity contribution in [2.45, 2.75) is 13.8 Å². The first kappa shape index (κ1) is 20.5. The first-order valence-electron chi connectivity index (χ1n) is 12.7. The first-order valence-corrected chi connectivity index (χ1v) is 12.7. The fourth-order valence-corrected chi connectivity index (χ4v) is 6.48. The van der Waals surface area contributed by atoms with Crippen LogP contribution in [0.5, 0.6) is 0 Å². The molecule has 1 heterocycles. The smallest absolute Gasteiger partial charge is 0.141 e. The van der Waals surface area contributed by atoms with Crippen molar-refractivity contribution < 1.29 is 4.52 Å². The van der Waals surface area contributed by atoms with Crippen LogP contribution in [0, 0.1) is 13.8 Å². The lowest BCUT2D eigenvalue weighted by atomic mass is 9.83. The minimum absolute atomic E-state index is 0.850. The van der Waals surface area contributed by atoms with Gasteiger partial charge in [0.25, 0.3) is 0 Å². The van der Waals surface area contributed by atoms with Crippen molar-refractivity contribution in [2.24, 2.45) is 0 Å². The molecule has 0 atom stereocenters. The molecular weight excluding hydrogens is 450 g/mol. The van der Waals surface area contributed by atoms with E-state index in [-0.39, 0.29) is 0 Å². The zero-order chi connectivity index (χ0) is 24.7. The highest BCUT2D eigenvalue weighted by atomic mass is 16.5. The number of rotatable bonds is 2. The van der Waals surface area contributed by atoms with Crippen molar-refractivity contribution in [3.8, 4) is 22.3 Å². The highest BCUT2D eigenvalue weighted by molar-refractivity contribution is 6.29. The zero-order valence-corrected chi connectivity index (χ0v) is 20.7. The molecule has 1 aromatic heterocycles. The summed E-state index contributed by atoms with van der Waals surface area (Å²) in [5, 5.41) is 17.1. The molecule has 37 heavy (non-hydrogen) atoms. The summed E-state index contributed by atoms with van der Waals surface area (Å²) in [5.74, 6) is 0.850. The third-order valence-corrected chi connectivity index (χ3v) is 8.01. The molecule has 0 aliphatic heterocycles. The minimum Gasteiger partial charge on any atom is -0.361 e. The van der Waals surface area contributed by atoms with Gasteiger partial charge in [0.2, 0.25) is 0 Å². The van der Waals surface area contributed by atoms with Crippen LogP contribution in [0.2, 0.25) is 0 Å². The van der Waals surface area contributed by atoms with Gasteiger partial charge in [-0.3, -0.25) is 0 Å². The van der Waals surface area contributed by atoms with Crippen LogP contribution in [-0.4, -0.2) is 5.16 Å². The van der Waals surface area contributed by atoms with Gasteiger partial charge in [0.05, 0.1) is 5.69 Å². The van der Waals surface area contributed by atoms with E-state index in [1.807, 2.05) is 13.8 Å². The van der Waals surface area contributed by atoms with Crippen LogP contribution in [-0.2, 0) is 0 Å². The average molecular weight is 474 g/mol. The van der Waals surface area contributed by atoms with E-state index >= 15 is 0 Å². The van der Waals surface area contributed by atoms with Gasteiger partial charge in [0.15, 0.2) is 0 Å². The van der Waals surface area contributed by atoms with E-state index in [9.17, 15) is 0 Å². The zero-order valence-electron chi connectivity index (χ0n) is 20.7. The summed E-state index contributed by atoms with van der Waals surface area (Å²) < 4.78 is 5.64. The Bertz CT molecular complexity index is 2070. The van der Waals surface area contributed by atoms with Gasteiger partial charge < -0.3 is 4.52 Å². The van der Waals surface area contributed by atoms with Crippen LogP contribution < -0.4 is 0 Å². The van der Waals surface area contributed by atoms with Crippen molar-refractivity contribution in [3.63, 3.8) is 0 Å². The maximum Gasteiger partial charge on any atom is 0.141 e. The summed E-state index contributed by atoms with van der Waals surface area (Å²) in [7, 11) is 0. The lowest BCUT2D eigenvalue weighted by Crippen LogP contribution is -1.93. The van der Waals surface area contributed by atoms with Crippen LogP contribution in [0.3, 0.4) is 0 Å². The van der Waals surface area contributed by atoms with Crippen LogP contribution in [0.25, 0.3) is 76.1 Å². The van der Waals surface area contributed by atoms with Crippen molar-refractivity contribution in [2.75, 3.05) is 0 Å². The van der Waals surface area contributed by atoms with E-state index in [4.69, 9.17) is 4.52 Å². The number of nitrogens with zero attached hydrogens (tertiary/aromatic N) is 1. The molecule has 0 radical (unpaired) electrons. The fraction of sp³-hybridized carbons (Fsp3) is 0.0571. The van der Waals surface area contributed by atoms with Crippen LogP contribution in [0.1, 0.15) is 11.5 Å².